The summed E-state index contributed by atoms with van der Waals surface area (Å²) in [5.41, 5.74) is -1.58. The second kappa shape index (κ2) is 5.01. The van der Waals surface area contributed by atoms with Crippen LogP contribution in [0.3, 0.4) is 0 Å². The Morgan fingerprint density at radius 2 is 2.11 bits per heavy atom. The summed E-state index contributed by atoms with van der Waals surface area (Å²) in [6.45, 7) is 1.67. The number of hydrogen-bond acceptors (Lipinski definition) is 3. The number of aromatic nitrogens is 1. The van der Waals surface area contributed by atoms with Gasteiger partial charge in [-0.05, 0) is 6.92 Å². The maximum absolute atomic E-state index is 12.1. The summed E-state index contributed by atoms with van der Waals surface area (Å²) >= 11 is 0. The van der Waals surface area contributed by atoms with Gasteiger partial charge in [0.25, 0.3) is 0 Å². The first-order valence-corrected chi connectivity index (χ1v) is 4.97. The molecule has 1 heterocycles. The van der Waals surface area contributed by atoms with Crippen LogP contribution in [0.5, 0.6) is 0 Å². The van der Waals surface area contributed by atoms with Crippen LogP contribution in [0.2, 0.25) is 0 Å². The molecular weight excluding hydrogens is 267 g/mol. The molecule has 0 aliphatic heterocycles. The summed E-state index contributed by atoms with van der Waals surface area (Å²) in [4.78, 5) is 21.8. The van der Waals surface area contributed by atoms with Crippen molar-refractivity contribution in [3.8, 4) is 6.07 Å². The summed E-state index contributed by atoms with van der Waals surface area (Å²) in [7, 11) is 0. The number of amides is 1. The molecule has 0 atom stereocenters. The number of halogens is 3. The third-order valence-electron chi connectivity index (χ3n) is 2.24. The normalized spacial score (nSPS) is 10.9. The molecule has 0 aliphatic rings. The van der Waals surface area contributed by atoms with Gasteiger partial charge in [0.15, 0.2) is 5.69 Å². The van der Waals surface area contributed by atoms with Gasteiger partial charge in [-0.25, -0.2) is 4.79 Å². The van der Waals surface area contributed by atoms with Crippen molar-refractivity contribution in [2.24, 2.45) is 0 Å². The van der Waals surface area contributed by atoms with Gasteiger partial charge in [-0.1, -0.05) is 0 Å². The quantitative estimate of drug-likeness (QED) is 0.875. The van der Waals surface area contributed by atoms with Crippen LogP contribution >= 0.6 is 0 Å². The Kier molecular flexibility index (Phi) is 3.84. The highest BCUT2D eigenvalue weighted by Crippen LogP contribution is 2.26. The van der Waals surface area contributed by atoms with Crippen LogP contribution in [-0.2, 0) is 11.3 Å². The van der Waals surface area contributed by atoms with Crippen LogP contribution in [-0.4, -0.2) is 27.7 Å². The number of carboxylic acid groups (broad SMARTS) is 1. The average molecular weight is 275 g/mol. The monoisotopic (exact) mass is 275 g/mol. The molecule has 0 aromatic carbocycles. The maximum Gasteiger partial charge on any atom is 0.471 e. The zero-order chi connectivity index (χ0) is 14.8. The Morgan fingerprint density at radius 1 is 1.53 bits per heavy atom. The summed E-state index contributed by atoms with van der Waals surface area (Å²) in [5.74, 6) is -3.87. The van der Waals surface area contributed by atoms with E-state index in [1.807, 2.05) is 0 Å². The van der Waals surface area contributed by atoms with E-state index in [0.29, 0.717) is 0 Å². The molecule has 6 nitrogen and oxygen atoms in total. The van der Waals surface area contributed by atoms with E-state index in [1.54, 1.807) is 6.92 Å². The molecule has 1 rings (SSSR count). The number of rotatable bonds is 3. The lowest BCUT2D eigenvalue weighted by molar-refractivity contribution is -0.167. The first-order valence-electron chi connectivity index (χ1n) is 4.97. The van der Waals surface area contributed by atoms with Crippen molar-refractivity contribution < 1.29 is 27.9 Å². The Bertz CT molecular complexity index is 569. The number of nitriles is 1. The number of carboxylic acids is 1. The average Bonchev–Trinajstić information content (AvgIpc) is 2.65. The van der Waals surface area contributed by atoms with Gasteiger partial charge in [-0.15, -0.1) is 0 Å². The van der Waals surface area contributed by atoms with E-state index < -0.39 is 29.4 Å². The molecule has 1 aromatic rings. The lowest BCUT2D eigenvalue weighted by Crippen LogP contribution is -2.30. The fraction of sp³-hybridized carbons (Fsp3) is 0.300. The Morgan fingerprint density at radius 3 is 2.47 bits per heavy atom. The number of aryl methyl sites for hydroxylation is 1. The van der Waals surface area contributed by atoms with Gasteiger partial charge in [-0.2, -0.15) is 18.4 Å². The SMILES string of the molecule is CCn1cc(C#N)c(NC(=O)C(F)(F)F)c1C(=O)O. The van der Waals surface area contributed by atoms with Crippen LogP contribution in [0, 0.1) is 11.3 Å². The Labute approximate surface area is 105 Å². The van der Waals surface area contributed by atoms with Crippen molar-refractivity contribution in [2.45, 2.75) is 19.6 Å². The minimum absolute atomic E-state index is 0.123. The molecule has 0 fully saturated rings. The predicted octanol–water partition coefficient (Wildman–Crippen LogP) is 1.58. The lowest BCUT2D eigenvalue weighted by Gasteiger charge is -2.09. The van der Waals surface area contributed by atoms with E-state index in [0.717, 1.165) is 10.8 Å². The first kappa shape index (κ1) is 14.6. The Balaban J connectivity index is 3.33. The molecule has 0 saturated heterocycles. The maximum atomic E-state index is 12.1. The molecule has 102 valence electrons. The molecule has 1 aromatic heterocycles. The standard InChI is InChI=1S/C10H8F3N3O3/c1-2-16-4-5(3-14)6(7(16)8(17)18)15-9(19)10(11,12)13/h4H,2H2,1H3,(H,15,19)(H,17,18). The number of nitrogens with zero attached hydrogens (tertiary/aromatic N) is 2. The van der Waals surface area contributed by atoms with Gasteiger partial charge < -0.3 is 15.0 Å². The van der Waals surface area contributed by atoms with Crippen molar-refractivity contribution in [2.75, 3.05) is 5.32 Å². The van der Waals surface area contributed by atoms with Gasteiger partial charge in [0.2, 0.25) is 0 Å². The third kappa shape index (κ3) is 2.85. The molecule has 0 saturated carbocycles. The van der Waals surface area contributed by atoms with Crippen molar-refractivity contribution in [3.63, 3.8) is 0 Å². The number of hydrogen-bond donors (Lipinski definition) is 2. The number of nitrogens with one attached hydrogen (secondary N) is 1. The number of carbonyl (C=O) groups is 2. The fourth-order valence-corrected chi connectivity index (χ4v) is 1.43. The molecule has 2 N–H and O–H groups in total. The molecular formula is C10H8F3N3O3. The van der Waals surface area contributed by atoms with Crippen molar-refractivity contribution in [3.05, 3.63) is 17.5 Å². The molecule has 1 amide bonds. The van der Waals surface area contributed by atoms with E-state index in [1.165, 1.54) is 11.4 Å². The fourth-order valence-electron chi connectivity index (χ4n) is 1.43. The summed E-state index contributed by atoms with van der Waals surface area (Å²) in [5, 5.41) is 19.1. The summed E-state index contributed by atoms with van der Waals surface area (Å²) in [6, 6.07) is 1.54. The third-order valence-corrected chi connectivity index (χ3v) is 2.24. The number of alkyl halides is 3. The lowest BCUT2D eigenvalue weighted by atomic mass is 10.2. The smallest absolute Gasteiger partial charge is 0.471 e. The van der Waals surface area contributed by atoms with Gasteiger partial charge in [0, 0.05) is 12.7 Å². The van der Waals surface area contributed by atoms with Crippen molar-refractivity contribution >= 4 is 17.6 Å². The molecule has 0 radical (unpaired) electrons. The van der Waals surface area contributed by atoms with Gasteiger partial charge in [0.05, 0.1) is 11.3 Å². The summed E-state index contributed by atoms with van der Waals surface area (Å²) < 4.78 is 37.5. The van der Waals surface area contributed by atoms with E-state index in [-0.39, 0.29) is 12.1 Å². The topological polar surface area (TPSA) is 95.1 Å². The number of anilines is 1. The summed E-state index contributed by atoms with van der Waals surface area (Å²) in [6.07, 6.45) is -4.10. The second-order valence-electron chi connectivity index (χ2n) is 3.42. The number of carbonyl (C=O) groups excluding carboxylic acids is 1. The zero-order valence-corrected chi connectivity index (χ0v) is 9.58. The van der Waals surface area contributed by atoms with Crippen molar-refractivity contribution in [1.29, 1.82) is 5.26 Å². The Hall–Kier alpha value is -2.50. The largest absolute Gasteiger partial charge is 0.477 e. The van der Waals surface area contributed by atoms with Gasteiger partial charge >= 0.3 is 18.1 Å². The minimum Gasteiger partial charge on any atom is -0.477 e. The van der Waals surface area contributed by atoms with Crippen LogP contribution in [0.25, 0.3) is 0 Å². The van der Waals surface area contributed by atoms with Crippen LogP contribution < -0.4 is 5.32 Å². The molecule has 9 heteroatoms. The van der Waals surface area contributed by atoms with Crippen LogP contribution in [0.1, 0.15) is 23.0 Å². The van der Waals surface area contributed by atoms with Gasteiger partial charge in [-0.3, -0.25) is 4.79 Å². The molecule has 0 bridgehead atoms. The van der Waals surface area contributed by atoms with E-state index >= 15 is 0 Å². The molecule has 0 unspecified atom stereocenters. The first-order chi connectivity index (χ1) is 8.72. The van der Waals surface area contributed by atoms with Gasteiger partial charge in [0.1, 0.15) is 6.07 Å². The molecule has 19 heavy (non-hydrogen) atoms. The predicted molar refractivity (Wildman–Crippen MR) is 56.5 cm³/mol. The molecule has 0 spiro atoms. The van der Waals surface area contributed by atoms with Crippen molar-refractivity contribution in [1.82, 2.24) is 4.57 Å². The minimum atomic E-state index is -5.17. The second-order valence-corrected chi connectivity index (χ2v) is 3.42. The highest BCUT2D eigenvalue weighted by Gasteiger charge is 2.40. The number of aromatic carboxylic acids is 1. The van der Waals surface area contributed by atoms with E-state index in [2.05, 4.69) is 0 Å². The highest BCUT2D eigenvalue weighted by molar-refractivity contribution is 6.03. The van der Waals surface area contributed by atoms with E-state index in [9.17, 15) is 22.8 Å². The van der Waals surface area contributed by atoms with E-state index in [4.69, 9.17) is 10.4 Å². The highest BCUT2D eigenvalue weighted by atomic mass is 19.4. The van der Waals surface area contributed by atoms with Crippen LogP contribution in [0.4, 0.5) is 18.9 Å². The van der Waals surface area contributed by atoms with Crippen LogP contribution in [0.15, 0.2) is 6.20 Å². The molecule has 0 aliphatic carbocycles. The zero-order valence-electron chi connectivity index (χ0n) is 9.58.